The average molecular weight is 305 g/mol. The molecule has 112 valence electrons. The van der Waals surface area contributed by atoms with Crippen LogP contribution in [0.2, 0.25) is 0 Å². The molecule has 0 spiro atoms. The summed E-state index contributed by atoms with van der Waals surface area (Å²) in [6.07, 6.45) is 0. The number of benzene rings is 1. The van der Waals surface area contributed by atoms with E-state index >= 15 is 0 Å². The van der Waals surface area contributed by atoms with Gasteiger partial charge in [-0.25, -0.2) is 4.98 Å². The van der Waals surface area contributed by atoms with E-state index in [0.717, 1.165) is 21.1 Å². The summed E-state index contributed by atoms with van der Waals surface area (Å²) in [6.45, 7) is 4.08. The van der Waals surface area contributed by atoms with Crippen LogP contribution in [-0.4, -0.2) is 25.0 Å². The molecule has 0 radical (unpaired) electrons. The van der Waals surface area contributed by atoms with Crippen molar-refractivity contribution in [1.29, 1.82) is 5.41 Å². The maximum absolute atomic E-state index is 7.69. The molecule has 0 bridgehead atoms. The van der Waals surface area contributed by atoms with Crippen LogP contribution in [0.15, 0.2) is 18.2 Å². The first kappa shape index (κ1) is 15.3. The lowest BCUT2D eigenvalue weighted by Crippen LogP contribution is -2.12. The van der Waals surface area contributed by atoms with Crippen LogP contribution in [0.4, 0.5) is 0 Å². The molecule has 0 aliphatic rings. The first-order chi connectivity index (χ1) is 9.97. The highest BCUT2D eigenvalue weighted by Gasteiger charge is 2.18. The van der Waals surface area contributed by atoms with E-state index in [2.05, 4.69) is 4.98 Å². The SMILES string of the molecule is COc1ccc(-c2nc(C(C)C)c(C(=N)N)s2)cc1OC. The highest BCUT2D eigenvalue weighted by atomic mass is 32.1. The number of nitrogens with one attached hydrogen (secondary N) is 1. The highest BCUT2D eigenvalue weighted by Crippen LogP contribution is 2.36. The van der Waals surface area contributed by atoms with Crippen molar-refractivity contribution in [2.45, 2.75) is 19.8 Å². The molecule has 2 rings (SSSR count). The van der Waals surface area contributed by atoms with E-state index in [0.29, 0.717) is 11.5 Å². The molecule has 1 heterocycles. The van der Waals surface area contributed by atoms with Gasteiger partial charge in [0.25, 0.3) is 0 Å². The Labute approximate surface area is 128 Å². The van der Waals surface area contributed by atoms with E-state index in [1.807, 2.05) is 32.0 Å². The minimum Gasteiger partial charge on any atom is -0.493 e. The largest absolute Gasteiger partial charge is 0.493 e. The van der Waals surface area contributed by atoms with Gasteiger partial charge in [-0.15, -0.1) is 11.3 Å². The first-order valence-electron chi connectivity index (χ1n) is 6.55. The molecule has 0 aliphatic carbocycles. The number of hydrogen-bond donors (Lipinski definition) is 2. The predicted molar refractivity (Wildman–Crippen MR) is 85.8 cm³/mol. The highest BCUT2D eigenvalue weighted by molar-refractivity contribution is 7.17. The van der Waals surface area contributed by atoms with Crippen LogP contribution >= 0.6 is 11.3 Å². The van der Waals surface area contributed by atoms with Crippen LogP contribution in [0, 0.1) is 5.41 Å². The molecule has 0 saturated carbocycles. The van der Waals surface area contributed by atoms with Gasteiger partial charge in [0.05, 0.1) is 24.8 Å². The van der Waals surface area contributed by atoms with E-state index in [9.17, 15) is 0 Å². The van der Waals surface area contributed by atoms with Gasteiger partial charge in [-0.2, -0.15) is 0 Å². The van der Waals surface area contributed by atoms with Crippen LogP contribution in [0.1, 0.15) is 30.3 Å². The summed E-state index contributed by atoms with van der Waals surface area (Å²) in [7, 11) is 3.20. The van der Waals surface area contributed by atoms with Crippen molar-refractivity contribution < 1.29 is 9.47 Å². The summed E-state index contributed by atoms with van der Waals surface area (Å²) in [5.74, 6) is 1.60. The zero-order valence-electron chi connectivity index (χ0n) is 12.6. The fraction of sp³-hybridized carbons (Fsp3) is 0.333. The van der Waals surface area contributed by atoms with Gasteiger partial charge in [-0.3, -0.25) is 5.41 Å². The Balaban J connectivity index is 2.52. The average Bonchev–Trinajstić information content (AvgIpc) is 2.92. The number of methoxy groups -OCH3 is 2. The molecule has 0 amide bonds. The second kappa shape index (κ2) is 6.13. The van der Waals surface area contributed by atoms with Crippen molar-refractivity contribution >= 4 is 17.2 Å². The normalized spacial score (nSPS) is 10.7. The van der Waals surface area contributed by atoms with E-state index in [1.54, 1.807) is 14.2 Å². The summed E-state index contributed by atoms with van der Waals surface area (Å²) in [5, 5.41) is 8.52. The molecule has 3 N–H and O–H groups in total. The van der Waals surface area contributed by atoms with Crippen molar-refractivity contribution in [1.82, 2.24) is 4.98 Å². The number of aromatic nitrogens is 1. The van der Waals surface area contributed by atoms with Crippen molar-refractivity contribution in [3.63, 3.8) is 0 Å². The van der Waals surface area contributed by atoms with Gasteiger partial charge >= 0.3 is 0 Å². The van der Waals surface area contributed by atoms with Crippen LogP contribution < -0.4 is 15.2 Å². The van der Waals surface area contributed by atoms with E-state index in [4.69, 9.17) is 20.6 Å². The monoisotopic (exact) mass is 305 g/mol. The first-order valence-corrected chi connectivity index (χ1v) is 7.37. The van der Waals surface area contributed by atoms with E-state index < -0.39 is 0 Å². The molecular formula is C15H19N3O2S. The number of thiazole rings is 1. The third-order valence-corrected chi connectivity index (χ3v) is 4.23. The third kappa shape index (κ3) is 3.00. The van der Waals surface area contributed by atoms with E-state index in [-0.39, 0.29) is 11.8 Å². The summed E-state index contributed by atoms with van der Waals surface area (Å²) in [5.41, 5.74) is 7.44. The van der Waals surface area contributed by atoms with Crippen molar-refractivity contribution in [3.05, 3.63) is 28.8 Å². The summed E-state index contributed by atoms with van der Waals surface area (Å²) < 4.78 is 10.6. The van der Waals surface area contributed by atoms with Crippen molar-refractivity contribution in [3.8, 4) is 22.1 Å². The smallest absolute Gasteiger partial charge is 0.161 e. The lowest BCUT2D eigenvalue weighted by molar-refractivity contribution is 0.355. The lowest BCUT2D eigenvalue weighted by Gasteiger charge is -2.08. The maximum Gasteiger partial charge on any atom is 0.161 e. The number of hydrogen-bond acceptors (Lipinski definition) is 5. The number of nitrogen functional groups attached to an aromatic ring is 1. The molecule has 5 nitrogen and oxygen atoms in total. The van der Waals surface area contributed by atoms with Gasteiger partial charge in [0.1, 0.15) is 10.8 Å². The Morgan fingerprint density at radius 2 is 1.90 bits per heavy atom. The zero-order chi connectivity index (χ0) is 15.6. The Bertz CT molecular complexity index is 665. The Kier molecular flexibility index (Phi) is 4.47. The van der Waals surface area contributed by atoms with Crippen LogP contribution in [0.5, 0.6) is 11.5 Å². The third-order valence-electron chi connectivity index (χ3n) is 3.08. The van der Waals surface area contributed by atoms with Gasteiger partial charge in [0.15, 0.2) is 11.5 Å². The molecule has 2 aromatic rings. The summed E-state index contributed by atoms with van der Waals surface area (Å²) >= 11 is 1.42. The molecule has 1 aromatic heterocycles. The van der Waals surface area contributed by atoms with Gasteiger partial charge in [-0.05, 0) is 24.1 Å². The minimum absolute atomic E-state index is 0.0583. The second-order valence-electron chi connectivity index (χ2n) is 4.87. The molecule has 0 aliphatic heterocycles. The number of amidine groups is 1. The molecular weight excluding hydrogens is 286 g/mol. The van der Waals surface area contributed by atoms with Crippen LogP contribution in [-0.2, 0) is 0 Å². The molecule has 0 atom stereocenters. The predicted octanol–water partition coefficient (Wildman–Crippen LogP) is 3.23. The zero-order valence-corrected chi connectivity index (χ0v) is 13.4. The molecule has 1 aromatic carbocycles. The number of ether oxygens (including phenoxy) is 2. The molecule has 0 unspecified atom stereocenters. The van der Waals surface area contributed by atoms with Gasteiger partial charge in [-0.1, -0.05) is 13.8 Å². The Morgan fingerprint density at radius 3 is 2.38 bits per heavy atom. The summed E-state index contributed by atoms with van der Waals surface area (Å²) in [6, 6.07) is 5.65. The number of nitrogens with zero attached hydrogens (tertiary/aromatic N) is 1. The maximum atomic E-state index is 7.69. The summed E-state index contributed by atoms with van der Waals surface area (Å²) in [4.78, 5) is 5.36. The lowest BCUT2D eigenvalue weighted by atomic mass is 10.1. The Hall–Kier alpha value is -2.08. The van der Waals surface area contributed by atoms with Crippen molar-refractivity contribution in [2.75, 3.05) is 14.2 Å². The molecule has 21 heavy (non-hydrogen) atoms. The topological polar surface area (TPSA) is 81.2 Å². The number of nitrogens with two attached hydrogens (primary N) is 1. The molecule has 6 heteroatoms. The molecule has 0 saturated heterocycles. The standard InChI is InChI=1S/C15H19N3O2S/c1-8(2)12-13(14(16)17)21-15(18-12)9-5-6-10(19-3)11(7-9)20-4/h5-8H,1-4H3,(H3,16,17). The van der Waals surface area contributed by atoms with Crippen LogP contribution in [0.25, 0.3) is 10.6 Å². The van der Waals surface area contributed by atoms with Gasteiger partial charge in [0, 0.05) is 5.56 Å². The Morgan fingerprint density at radius 1 is 1.24 bits per heavy atom. The minimum atomic E-state index is 0.0583. The second-order valence-corrected chi connectivity index (χ2v) is 5.87. The van der Waals surface area contributed by atoms with Crippen molar-refractivity contribution in [2.24, 2.45) is 5.73 Å². The fourth-order valence-electron chi connectivity index (χ4n) is 2.01. The van der Waals surface area contributed by atoms with Gasteiger partial charge in [0.2, 0.25) is 0 Å². The fourth-order valence-corrected chi connectivity index (χ4v) is 3.09. The quantitative estimate of drug-likeness (QED) is 0.656. The van der Waals surface area contributed by atoms with E-state index in [1.165, 1.54) is 11.3 Å². The number of rotatable bonds is 5. The van der Waals surface area contributed by atoms with Crippen LogP contribution in [0.3, 0.4) is 0 Å². The molecule has 0 fully saturated rings. The van der Waals surface area contributed by atoms with Gasteiger partial charge < -0.3 is 15.2 Å².